The van der Waals surface area contributed by atoms with Crippen molar-refractivity contribution in [2.45, 2.75) is 131 Å². The van der Waals surface area contributed by atoms with Crippen LogP contribution in [-0.4, -0.2) is 61.3 Å². The zero-order chi connectivity index (χ0) is 41.2. The Hall–Kier alpha value is -3.78. The summed E-state index contributed by atoms with van der Waals surface area (Å²) in [5, 5.41) is 14.5. The van der Waals surface area contributed by atoms with Gasteiger partial charge < -0.3 is 37.6 Å². The van der Waals surface area contributed by atoms with Gasteiger partial charge in [0.05, 0.1) is 18.6 Å². The van der Waals surface area contributed by atoms with E-state index < -0.39 is 0 Å². The van der Waals surface area contributed by atoms with Crippen molar-refractivity contribution >= 4 is 0 Å². The Morgan fingerprint density at radius 1 is 0.836 bits per heavy atom. The van der Waals surface area contributed by atoms with Gasteiger partial charge in [-0.3, -0.25) is 0 Å². The van der Waals surface area contributed by atoms with Gasteiger partial charge in [-0.15, -0.1) is 0 Å². The molecule has 0 aromatic heterocycles. The van der Waals surface area contributed by atoms with Crippen LogP contribution in [0.5, 0.6) is 0 Å². The Labute approximate surface area is 338 Å². The van der Waals surface area contributed by atoms with Crippen LogP contribution < -0.4 is 32.7 Å². The second-order valence-corrected chi connectivity index (χ2v) is 16.0. The predicted molar refractivity (Wildman–Crippen MR) is 243 cm³/mol. The minimum Gasteiger partial charge on any atom is -0.381 e. The molecule has 2 atom stereocenters. The quantitative estimate of drug-likeness (QED) is 0.0558. The van der Waals surface area contributed by atoms with Crippen molar-refractivity contribution in [1.82, 2.24) is 26.2 Å². The lowest BCUT2D eigenvalue weighted by molar-refractivity contribution is 0.205. The SMILES string of the molecule is C=C(CNC(=CCC)C(Cc1ccccc1)NC(=C)CN)NC(CCCNC(C)C)C(=C)N1CCC(N)(C(C)=CCC)CC1.CC(C)C.Cc1ccccc1. The molecule has 2 unspecified atom stereocenters. The van der Waals surface area contributed by atoms with Crippen LogP contribution in [0.25, 0.3) is 0 Å². The molecule has 55 heavy (non-hydrogen) atoms. The van der Waals surface area contributed by atoms with Gasteiger partial charge in [0.2, 0.25) is 0 Å². The highest BCUT2D eigenvalue weighted by molar-refractivity contribution is 5.24. The Kier molecular flexibility index (Phi) is 24.8. The average Bonchev–Trinajstić information content (AvgIpc) is 3.15. The van der Waals surface area contributed by atoms with Crippen LogP contribution in [-0.2, 0) is 6.42 Å². The van der Waals surface area contributed by atoms with Crippen LogP contribution >= 0.6 is 0 Å². The third-order valence-corrected chi connectivity index (χ3v) is 9.51. The molecule has 0 aliphatic carbocycles. The number of aryl methyl sites for hydroxylation is 1. The van der Waals surface area contributed by atoms with E-state index in [2.05, 4.69) is 157 Å². The van der Waals surface area contributed by atoms with E-state index in [1.54, 1.807) is 0 Å². The molecule has 0 saturated carbocycles. The van der Waals surface area contributed by atoms with Crippen LogP contribution in [0.15, 0.2) is 121 Å². The Morgan fingerprint density at radius 3 is 1.87 bits per heavy atom. The molecule has 0 bridgehead atoms. The summed E-state index contributed by atoms with van der Waals surface area (Å²) in [6.07, 6.45) is 11.2. The van der Waals surface area contributed by atoms with Gasteiger partial charge in [0.25, 0.3) is 0 Å². The van der Waals surface area contributed by atoms with Gasteiger partial charge in [-0.05, 0) is 76.8 Å². The number of hydrogen-bond donors (Lipinski definition) is 6. The van der Waals surface area contributed by atoms with Crippen molar-refractivity contribution in [2.24, 2.45) is 17.4 Å². The van der Waals surface area contributed by atoms with Gasteiger partial charge >= 0.3 is 0 Å². The second-order valence-electron chi connectivity index (χ2n) is 16.0. The third-order valence-electron chi connectivity index (χ3n) is 9.51. The van der Waals surface area contributed by atoms with Crippen molar-refractivity contribution in [1.29, 1.82) is 0 Å². The van der Waals surface area contributed by atoms with E-state index in [4.69, 9.17) is 11.5 Å². The van der Waals surface area contributed by atoms with E-state index in [-0.39, 0.29) is 17.6 Å². The molecule has 0 spiro atoms. The van der Waals surface area contributed by atoms with E-state index in [1.807, 2.05) is 24.3 Å². The number of nitrogens with one attached hydrogen (secondary N) is 4. The molecule has 1 fully saturated rings. The molecule has 0 amide bonds. The number of rotatable bonds is 21. The molecule has 1 saturated heterocycles. The molecule has 1 aliphatic rings. The molecule has 1 heterocycles. The lowest BCUT2D eigenvalue weighted by Gasteiger charge is -2.43. The van der Waals surface area contributed by atoms with Gasteiger partial charge in [0.1, 0.15) is 0 Å². The predicted octanol–water partition coefficient (Wildman–Crippen LogP) is 9.11. The smallest absolute Gasteiger partial charge is 0.0694 e. The van der Waals surface area contributed by atoms with Gasteiger partial charge in [-0.1, -0.05) is 152 Å². The maximum atomic E-state index is 6.85. The molecule has 8 N–H and O–H groups in total. The summed E-state index contributed by atoms with van der Waals surface area (Å²) in [4.78, 5) is 2.43. The first-order valence-corrected chi connectivity index (χ1v) is 20.9. The summed E-state index contributed by atoms with van der Waals surface area (Å²) < 4.78 is 0. The molecule has 7 heteroatoms. The first-order valence-electron chi connectivity index (χ1n) is 20.9. The highest BCUT2D eigenvalue weighted by Crippen LogP contribution is 2.30. The number of hydrogen-bond acceptors (Lipinski definition) is 7. The van der Waals surface area contributed by atoms with E-state index in [0.717, 1.165) is 93.3 Å². The van der Waals surface area contributed by atoms with E-state index in [9.17, 15) is 0 Å². The topological polar surface area (TPSA) is 103 Å². The average molecular weight is 756 g/mol. The molecule has 308 valence electrons. The van der Waals surface area contributed by atoms with E-state index in [0.29, 0.717) is 19.1 Å². The number of benzene rings is 2. The summed E-state index contributed by atoms with van der Waals surface area (Å²) in [5.41, 5.74) is 20.4. The maximum absolute atomic E-state index is 6.85. The fourth-order valence-electron chi connectivity index (χ4n) is 6.33. The normalized spacial score (nSPS) is 15.2. The summed E-state index contributed by atoms with van der Waals surface area (Å²) in [5.74, 6) is 0.833. The fourth-order valence-corrected chi connectivity index (χ4v) is 6.33. The van der Waals surface area contributed by atoms with Gasteiger partial charge in [-0.2, -0.15) is 0 Å². The summed E-state index contributed by atoms with van der Waals surface area (Å²) in [6, 6.07) is 21.4. The maximum Gasteiger partial charge on any atom is 0.0694 e. The first kappa shape index (κ1) is 49.2. The molecule has 2 aromatic carbocycles. The van der Waals surface area contributed by atoms with Gasteiger partial charge in [0, 0.05) is 54.0 Å². The number of likely N-dealkylation sites (tertiary alicyclic amines) is 1. The number of piperidine rings is 1. The number of nitrogens with two attached hydrogens (primary N) is 2. The highest BCUT2D eigenvalue weighted by Gasteiger charge is 2.33. The van der Waals surface area contributed by atoms with Crippen LogP contribution in [0.3, 0.4) is 0 Å². The Balaban J connectivity index is 0.00000118. The molecule has 3 rings (SSSR count). The van der Waals surface area contributed by atoms with Gasteiger partial charge in [0.15, 0.2) is 0 Å². The van der Waals surface area contributed by atoms with Crippen LogP contribution in [0, 0.1) is 12.8 Å². The number of nitrogens with zero attached hydrogens (tertiary/aromatic N) is 1. The molecule has 2 aromatic rings. The molecule has 7 nitrogen and oxygen atoms in total. The van der Waals surface area contributed by atoms with Gasteiger partial charge in [-0.25, -0.2) is 0 Å². The van der Waals surface area contributed by atoms with Crippen molar-refractivity contribution in [2.75, 3.05) is 32.7 Å². The highest BCUT2D eigenvalue weighted by atomic mass is 15.2. The van der Waals surface area contributed by atoms with Crippen molar-refractivity contribution in [3.63, 3.8) is 0 Å². The Morgan fingerprint density at radius 2 is 1.38 bits per heavy atom. The molecular formula is C48H81N7. The molecule has 0 radical (unpaired) electrons. The third kappa shape index (κ3) is 21.2. The monoisotopic (exact) mass is 756 g/mol. The van der Waals surface area contributed by atoms with Crippen molar-refractivity contribution < 1.29 is 0 Å². The second kappa shape index (κ2) is 27.7. The molecule has 1 aliphatic heterocycles. The fraction of sp³-hybridized carbons (Fsp3) is 0.542. The summed E-state index contributed by atoms with van der Waals surface area (Å²) >= 11 is 0. The summed E-state index contributed by atoms with van der Waals surface area (Å²) in [7, 11) is 0. The minimum absolute atomic E-state index is 0.0316. The van der Waals surface area contributed by atoms with E-state index >= 15 is 0 Å². The van der Waals surface area contributed by atoms with Crippen LogP contribution in [0.2, 0.25) is 0 Å². The lowest BCUT2D eigenvalue weighted by Crippen LogP contribution is -2.52. The lowest BCUT2D eigenvalue weighted by atomic mass is 9.81. The zero-order valence-electron chi connectivity index (χ0n) is 36.4. The van der Waals surface area contributed by atoms with Crippen LogP contribution in [0.1, 0.15) is 105 Å². The van der Waals surface area contributed by atoms with Crippen molar-refractivity contribution in [3.8, 4) is 0 Å². The number of allylic oxidation sites excluding steroid dienone is 2. The van der Waals surface area contributed by atoms with E-state index in [1.165, 1.54) is 16.7 Å². The van der Waals surface area contributed by atoms with Crippen LogP contribution in [0.4, 0.5) is 0 Å². The minimum atomic E-state index is -0.216. The Bertz CT molecular complexity index is 1400. The van der Waals surface area contributed by atoms with Crippen molar-refractivity contribution in [3.05, 3.63) is 132 Å². The standard InChI is InChI=1S/C37H63N7.C7H8.C4H10/c1-9-15-29(5)37(39)20-23-44(24-21-37)32(8)34(19-14-22-40-28(3)4)43-31(7)27-41-35(16-10-2)36(42-30(6)26-38)25-33-17-12-11-13-18-33;1-7-5-3-2-4-6-7;1-4(2)3/h11-13,15-18,28,34,36,40-43H,6-10,14,19-27,38-39H2,1-5H3;2-6H,1H3;4H,1-3H3. The largest absolute Gasteiger partial charge is 0.381 e. The molecular weight excluding hydrogens is 675 g/mol. The first-order chi connectivity index (χ1) is 26.1. The summed E-state index contributed by atoms with van der Waals surface area (Å²) in [6.45, 7) is 36.4. The zero-order valence-corrected chi connectivity index (χ0v) is 36.4.